The van der Waals surface area contributed by atoms with Crippen molar-refractivity contribution in [1.29, 1.82) is 0 Å². The molecular formula is C17H15ClN2O2S. The molecule has 0 atom stereocenters. The number of hydrogen-bond donors (Lipinski definition) is 1. The molecule has 0 aromatic heterocycles. The van der Waals surface area contributed by atoms with Gasteiger partial charge in [0, 0.05) is 11.5 Å². The molecule has 0 bridgehead atoms. The van der Waals surface area contributed by atoms with E-state index < -0.39 is 0 Å². The van der Waals surface area contributed by atoms with Gasteiger partial charge >= 0.3 is 0 Å². The number of halogens is 1. The maximum absolute atomic E-state index is 11.9. The quantitative estimate of drug-likeness (QED) is 0.664. The third kappa shape index (κ3) is 4.27. The zero-order chi connectivity index (χ0) is 16.1. The van der Waals surface area contributed by atoms with Gasteiger partial charge in [0.2, 0.25) is 0 Å². The molecule has 6 heteroatoms. The van der Waals surface area contributed by atoms with Gasteiger partial charge in [0.25, 0.3) is 5.91 Å². The molecular weight excluding hydrogens is 332 g/mol. The Bertz CT molecular complexity index is 715. The summed E-state index contributed by atoms with van der Waals surface area (Å²) in [4.78, 5) is 11.9. The van der Waals surface area contributed by atoms with E-state index in [1.54, 1.807) is 30.5 Å². The number of carbonyl (C=O) groups excluding carboxylic acids is 1. The lowest BCUT2D eigenvalue weighted by Gasteiger charge is -2.25. The molecule has 3 rings (SSSR count). The standard InChI is InChI=1S/C17H15ClN2O2S/c18-16-4-2-1-3-15(16)17(21)20-19-9-12-5-7-13(8-6-12)22-14-10-23-11-14/h1-9,14H,10-11H2,(H,20,21)/b19-9+. The summed E-state index contributed by atoms with van der Waals surface area (Å²) in [6, 6.07) is 14.4. The second-order valence-electron chi connectivity index (χ2n) is 5.03. The first-order valence-corrected chi connectivity index (χ1v) is 8.68. The number of nitrogens with one attached hydrogen (secondary N) is 1. The van der Waals surface area contributed by atoms with Gasteiger partial charge in [-0.3, -0.25) is 4.79 Å². The van der Waals surface area contributed by atoms with Crippen molar-refractivity contribution in [3.8, 4) is 5.75 Å². The van der Waals surface area contributed by atoms with Crippen LogP contribution in [0.3, 0.4) is 0 Å². The normalized spacial score (nSPS) is 14.5. The predicted octanol–water partition coefficient (Wildman–Crippen LogP) is 3.60. The molecule has 1 amide bonds. The van der Waals surface area contributed by atoms with Gasteiger partial charge in [0.1, 0.15) is 11.9 Å². The van der Waals surface area contributed by atoms with Gasteiger partial charge in [-0.05, 0) is 42.0 Å². The molecule has 0 spiro atoms. The van der Waals surface area contributed by atoms with E-state index >= 15 is 0 Å². The van der Waals surface area contributed by atoms with Crippen molar-refractivity contribution in [3.05, 3.63) is 64.7 Å². The summed E-state index contributed by atoms with van der Waals surface area (Å²) < 4.78 is 5.77. The van der Waals surface area contributed by atoms with Crippen LogP contribution in [-0.4, -0.2) is 29.7 Å². The van der Waals surface area contributed by atoms with Crippen LogP contribution in [0, 0.1) is 0 Å². The van der Waals surface area contributed by atoms with E-state index in [-0.39, 0.29) is 5.91 Å². The fourth-order valence-electron chi connectivity index (χ4n) is 1.98. The van der Waals surface area contributed by atoms with Crippen LogP contribution in [0.25, 0.3) is 0 Å². The summed E-state index contributed by atoms with van der Waals surface area (Å²) in [5.41, 5.74) is 3.74. The molecule has 1 heterocycles. The number of nitrogens with zero attached hydrogens (tertiary/aromatic N) is 1. The average molecular weight is 347 g/mol. The number of hydrogen-bond acceptors (Lipinski definition) is 4. The molecule has 0 saturated carbocycles. The van der Waals surface area contributed by atoms with Crippen molar-refractivity contribution >= 4 is 35.5 Å². The smallest absolute Gasteiger partial charge is 0.272 e. The van der Waals surface area contributed by atoms with E-state index in [2.05, 4.69) is 10.5 Å². The number of carbonyl (C=O) groups is 1. The van der Waals surface area contributed by atoms with Gasteiger partial charge in [0.15, 0.2) is 0 Å². The fourth-order valence-corrected chi connectivity index (χ4v) is 2.76. The minimum atomic E-state index is -0.339. The summed E-state index contributed by atoms with van der Waals surface area (Å²) in [7, 11) is 0. The molecule has 0 radical (unpaired) electrons. The first kappa shape index (κ1) is 15.9. The van der Waals surface area contributed by atoms with Gasteiger partial charge in [-0.15, -0.1) is 0 Å². The van der Waals surface area contributed by atoms with Gasteiger partial charge in [0.05, 0.1) is 16.8 Å². The Balaban J connectivity index is 1.55. The number of amides is 1. The Morgan fingerprint density at radius 2 is 1.96 bits per heavy atom. The summed E-state index contributed by atoms with van der Waals surface area (Å²) in [5, 5.41) is 4.35. The van der Waals surface area contributed by atoms with Gasteiger partial charge in [-0.2, -0.15) is 16.9 Å². The number of rotatable bonds is 5. The SMILES string of the molecule is O=C(N/N=C/c1ccc(OC2CSC2)cc1)c1ccccc1Cl. The Labute approximate surface area is 143 Å². The second kappa shape index (κ2) is 7.53. The van der Waals surface area contributed by atoms with Crippen LogP contribution in [0.5, 0.6) is 5.75 Å². The number of ether oxygens (including phenoxy) is 1. The summed E-state index contributed by atoms with van der Waals surface area (Å²) in [6.45, 7) is 0. The maximum atomic E-state index is 11.9. The fraction of sp³-hybridized carbons (Fsp3) is 0.176. The lowest BCUT2D eigenvalue weighted by molar-refractivity contribution is 0.0955. The van der Waals surface area contributed by atoms with E-state index in [0.717, 1.165) is 22.8 Å². The molecule has 1 aliphatic rings. The Morgan fingerprint density at radius 3 is 2.61 bits per heavy atom. The van der Waals surface area contributed by atoms with Gasteiger partial charge < -0.3 is 4.74 Å². The molecule has 1 fully saturated rings. The van der Waals surface area contributed by atoms with Gasteiger partial charge in [-0.1, -0.05) is 23.7 Å². The molecule has 1 N–H and O–H groups in total. The lowest BCUT2D eigenvalue weighted by atomic mass is 10.2. The highest BCUT2D eigenvalue weighted by atomic mass is 35.5. The molecule has 1 saturated heterocycles. The van der Waals surface area contributed by atoms with Crippen LogP contribution >= 0.6 is 23.4 Å². The number of benzene rings is 2. The number of thioether (sulfide) groups is 1. The van der Waals surface area contributed by atoms with E-state index in [4.69, 9.17) is 16.3 Å². The Hall–Kier alpha value is -1.98. The van der Waals surface area contributed by atoms with E-state index in [1.807, 2.05) is 36.0 Å². The van der Waals surface area contributed by atoms with Crippen LogP contribution < -0.4 is 10.2 Å². The lowest BCUT2D eigenvalue weighted by Crippen LogP contribution is -2.30. The average Bonchev–Trinajstić information content (AvgIpc) is 2.52. The molecule has 1 aliphatic heterocycles. The minimum absolute atomic E-state index is 0.328. The highest BCUT2D eigenvalue weighted by molar-refractivity contribution is 8.00. The second-order valence-corrected chi connectivity index (χ2v) is 6.51. The maximum Gasteiger partial charge on any atom is 0.272 e. The molecule has 4 nitrogen and oxygen atoms in total. The van der Waals surface area contributed by atoms with Crippen molar-refractivity contribution in [1.82, 2.24) is 5.43 Å². The number of hydrazone groups is 1. The van der Waals surface area contributed by atoms with Crippen LogP contribution in [0.4, 0.5) is 0 Å². The van der Waals surface area contributed by atoms with Crippen LogP contribution in [-0.2, 0) is 0 Å². The van der Waals surface area contributed by atoms with Crippen molar-refractivity contribution in [2.75, 3.05) is 11.5 Å². The van der Waals surface area contributed by atoms with Crippen molar-refractivity contribution in [3.63, 3.8) is 0 Å². The molecule has 0 unspecified atom stereocenters. The first-order chi connectivity index (χ1) is 11.2. The van der Waals surface area contributed by atoms with Gasteiger partial charge in [-0.25, -0.2) is 5.43 Å². The highest BCUT2D eigenvalue weighted by Gasteiger charge is 2.19. The topological polar surface area (TPSA) is 50.7 Å². The summed E-state index contributed by atoms with van der Waals surface area (Å²) in [6.07, 6.45) is 1.91. The van der Waals surface area contributed by atoms with E-state index in [9.17, 15) is 4.79 Å². The van der Waals surface area contributed by atoms with Crippen LogP contribution in [0.2, 0.25) is 5.02 Å². The zero-order valence-electron chi connectivity index (χ0n) is 12.2. The van der Waals surface area contributed by atoms with E-state index in [1.165, 1.54) is 0 Å². The molecule has 2 aromatic rings. The summed E-state index contributed by atoms with van der Waals surface area (Å²) in [5.74, 6) is 2.62. The highest BCUT2D eigenvalue weighted by Crippen LogP contribution is 2.23. The monoisotopic (exact) mass is 346 g/mol. The van der Waals surface area contributed by atoms with Crippen LogP contribution in [0.1, 0.15) is 15.9 Å². The molecule has 118 valence electrons. The summed E-state index contributed by atoms with van der Waals surface area (Å²) >= 11 is 7.85. The molecule has 2 aromatic carbocycles. The molecule has 23 heavy (non-hydrogen) atoms. The van der Waals surface area contributed by atoms with Crippen molar-refractivity contribution in [2.24, 2.45) is 5.10 Å². The Kier molecular flexibility index (Phi) is 5.20. The Morgan fingerprint density at radius 1 is 1.22 bits per heavy atom. The van der Waals surface area contributed by atoms with Crippen LogP contribution in [0.15, 0.2) is 53.6 Å². The minimum Gasteiger partial charge on any atom is -0.489 e. The predicted molar refractivity (Wildman–Crippen MR) is 94.7 cm³/mol. The van der Waals surface area contributed by atoms with E-state index in [0.29, 0.717) is 16.7 Å². The zero-order valence-corrected chi connectivity index (χ0v) is 13.8. The third-order valence-corrected chi connectivity index (χ3v) is 4.83. The molecule has 0 aliphatic carbocycles. The van der Waals surface area contributed by atoms with Crippen molar-refractivity contribution in [2.45, 2.75) is 6.10 Å². The van der Waals surface area contributed by atoms with Crippen molar-refractivity contribution < 1.29 is 9.53 Å². The third-order valence-electron chi connectivity index (χ3n) is 3.29. The largest absolute Gasteiger partial charge is 0.489 e. The first-order valence-electron chi connectivity index (χ1n) is 7.15.